The molecule has 20 heavy (non-hydrogen) atoms. The highest BCUT2D eigenvalue weighted by molar-refractivity contribution is 5.99. The highest BCUT2D eigenvalue weighted by Crippen LogP contribution is 2.29. The van der Waals surface area contributed by atoms with Gasteiger partial charge >= 0.3 is 0 Å². The van der Waals surface area contributed by atoms with Crippen LogP contribution in [0.1, 0.15) is 43.0 Å². The molecule has 0 saturated heterocycles. The van der Waals surface area contributed by atoms with E-state index in [9.17, 15) is 4.79 Å². The zero-order valence-corrected chi connectivity index (χ0v) is 12.6. The molecule has 2 rings (SSSR count). The summed E-state index contributed by atoms with van der Waals surface area (Å²) in [6.45, 7) is 2.22. The fraction of sp³-hybridized carbons (Fsp3) is 0.562. The van der Waals surface area contributed by atoms with Gasteiger partial charge in [0.2, 0.25) is 0 Å². The monoisotopic (exact) mass is 276 g/mol. The molecule has 0 radical (unpaired) electrons. The number of hydrogen-bond donors (Lipinski definition) is 1. The quantitative estimate of drug-likeness (QED) is 0.864. The molecule has 1 fully saturated rings. The summed E-state index contributed by atoms with van der Waals surface area (Å²) in [5.41, 5.74) is 6.98. The summed E-state index contributed by atoms with van der Waals surface area (Å²) >= 11 is 0. The molecule has 2 atom stereocenters. The van der Waals surface area contributed by atoms with Gasteiger partial charge in [-0.1, -0.05) is 19.8 Å². The summed E-state index contributed by atoms with van der Waals surface area (Å²) < 4.78 is 5.18. The van der Waals surface area contributed by atoms with Crippen molar-refractivity contribution in [1.29, 1.82) is 0 Å². The summed E-state index contributed by atoms with van der Waals surface area (Å²) in [6, 6.07) is 5.53. The normalized spacial score (nSPS) is 22.4. The molecule has 0 aromatic heterocycles. The maximum Gasteiger partial charge on any atom is 0.256 e. The Balaban J connectivity index is 2.21. The van der Waals surface area contributed by atoms with Crippen LogP contribution in [0.5, 0.6) is 5.75 Å². The van der Waals surface area contributed by atoms with Gasteiger partial charge in [0.25, 0.3) is 5.91 Å². The van der Waals surface area contributed by atoms with Crippen molar-refractivity contribution in [3.05, 3.63) is 23.8 Å². The lowest BCUT2D eigenvalue weighted by molar-refractivity contribution is 0.0629. The van der Waals surface area contributed by atoms with Gasteiger partial charge in [-0.2, -0.15) is 0 Å². The third-order valence-corrected chi connectivity index (χ3v) is 4.37. The molecule has 2 N–H and O–H groups in total. The van der Waals surface area contributed by atoms with Crippen molar-refractivity contribution < 1.29 is 9.53 Å². The number of nitrogen functional groups attached to an aromatic ring is 1. The number of ether oxygens (including phenoxy) is 1. The fourth-order valence-electron chi connectivity index (χ4n) is 3.06. The first-order valence-corrected chi connectivity index (χ1v) is 7.25. The molecular weight excluding hydrogens is 252 g/mol. The minimum absolute atomic E-state index is 0.0138. The number of carbonyl (C=O) groups is 1. The molecule has 1 aliphatic carbocycles. The molecule has 1 aromatic carbocycles. The third kappa shape index (κ3) is 2.89. The molecule has 4 nitrogen and oxygen atoms in total. The highest BCUT2D eigenvalue weighted by atomic mass is 16.5. The van der Waals surface area contributed by atoms with Gasteiger partial charge in [0.1, 0.15) is 5.75 Å². The Morgan fingerprint density at radius 1 is 1.35 bits per heavy atom. The Morgan fingerprint density at radius 3 is 2.70 bits per heavy atom. The largest absolute Gasteiger partial charge is 0.497 e. The van der Waals surface area contributed by atoms with Crippen LogP contribution in [-0.4, -0.2) is 31.0 Å². The third-order valence-electron chi connectivity index (χ3n) is 4.37. The van der Waals surface area contributed by atoms with E-state index in [1.54, 1.807) is 25.3 Å². The Morgan fingerprint density at radius 2 is 2.05 bits per heavy atom. The molecule has 1 aromatic rings. The maximum atomic E-state index is 12.7. The Labute approximate surface area is 120 Å². The first-order valence-electron chi connectivity index (χ1n) is 7.25. The first kappa shape index (κ1) is 14.7. The highest BCUT2D eigenvalue weighted by Gasteiger charge is 2.29. The average Bonchev–Trinajstić information content (AvgIpc) is 2.47. The van der Waals surface area contributed by atoms with E-state index in [0.717, 1.165) is 6.42 Å². The van der Waals surface area contributed by atoms with Gasteiger partial charge in [-0.25, -0.2) is 0 Å². The summed E-state index contributed by atoms with van der Waals surface area (Å²) in [5.74, 6) is 1.19. The first-order chi connectivity index (χ1) is 9.54. The van der Waals surface area contributed by atoms with Gasteiger partial charge < -0.3 is 15.4 Å². The molecular formula is C16H24N2O2. The van der Waals surface area contributed by atoms with Crippen LogP contribution in [0.15, 0.2) is 18.2 Å². The van der Waals surface area contributed by atoms with E-state index in [-0.39, 0.29) is 5.91 Å². The van der Waals surface area contributed by atoms with E-state index in [4.69, 9.17) is 10.5 Å². The van der Waals surface area contributed by atoms with Crippen LogP contribution in [0.3, 0.4) is 0 Å². The number of anilines is 1. The van der Waals surface area contributed by atoms with E-state index < -0.39 is 0 Å². The molecule has 0 aliphatic heterocycles. The minimum Gasteiger partial charge on any atom is -0.497 e. The molecule has 0 bridgehead atoms. The maximum absolute atomic E-state index is 12.7. The van der Waals surface area contributed by atoms with Crippen molar-refractivity contribution in [2.75, 3.05) is 19.9 Å². The average molecular weight is 276 g/mol. The van der Waals surface area contributed by atoms with E-state index in [0.29, 0.717) is 29.0 Å². The van der Waals surface area contributed by atoms with Gasteiger partial charge in [-0.3, -0.25) is 4.79 Å². The lowest BCUT2D eigenvalue weighted by Gasteiger charge is -2.36. The number of methoxy groups -OCH3 is 1. The zero-order chi connectivity index (χ0) is 14.7. The van der Waals surface area contributed by atoms with Gasteiger partial charge in [-0.15, -0.1) is 0 Å². The second-order valence-corrected chi connectivity index (χ2v) is 5.70. The van der Waals surface area contributed by atoms with Crippen molar-refractivity contribution in [1.82, 2.24) is 4.90 Å². The van der Waals surface area contributed by atoms with Crippen molar-refractivity contribution in [2.24, 2.45) is 5.92 Å². The molecule has 0 heterocycles. The van der Waals surface area contributed by atoms with Gasteiger partial charge in [0.05, 0.1) is 12.7 Å². The second kappa shape index (κ2) is 6.16. The van der Waals surface area contributed by atoms with E-state index in [2.05, 4.69) is 6.92 Å². The van der Waals surface area contributed by atoms with Gasteiger partial charge in [0, 0.05) is 18.8 Å². The van der Waals surface area contributed by atoms with Crippen molar-refractivity contribution >= 4 is 11.6 Å². The Bertz CT molecular complexity index is 487. The molecule has 0 spiro atoms. The summed E-state index contributed by atoms with van der Waals surface area (Å²) in [6.07, 6.45) is 4.73. The second-order valence-electron chi connectivity index (χ2n) is 5.70. The van der Waals surface area contributed by atoms with Crippen LogP contribution >= 0.6 is 0 Å². The molecule has 1 aliphatic rings. The standard InChI is InChI=1S/C16H24N2O2/c1-11-6-4-5-7-15(11)18(2)16(19)13-10-12(20-3)8-9-14(13)17/h8-11,15H,4-7,17H2,1-3H3. The summed E-state index contributed by atoms with van der Waals surface area (Å²) in [4.78, 5) is 14.5. The predicted octanol–water partition coefficient (Wildman–Crippen LogP) is 2.93. The molecule has 1 saturated carbocycles. The number of amides is 1. The van der Waals surface area contributed by atoms with Crippen LogP contribution < -0.4 is 10.5 Å². The Hall–Kier alpha value is -1.71. The van der Waals surface area contributed by atoms with Gasteiger partial charge in [0.15, 0.2) is 0 Å². The smallest absolute Gasteiger partial charge is 0.256 e. The number of rotatable bonds is 3. The number of nitrogens with zero attached hydrogens (tertiary/aromatic N) is 1. The van der Waals surface area contributed by atoms with Crippen molar-refractivity contribution in [2.45, 2.75) is 38.6 Å². The predicted molar refractivity (Wildman–Crippen MR) is 80.9 cm³/mol. The number of nitrogens with two attached hydrogens (primary N) is 1. The van der Waals surface area contributed by atoms with Crippen molar-refractivity contribution in [3.8, 4) is 5.75 Å². The van der Waals surface area contributed by atoms with Crippen LogP contribution in [0.2, 0.25) is 0 Å². The topological polar surface area (TPSA) is 55.6 Å². The van der Waals surface area contributed by atoms with Gasteiger partial charge in [-0.05, 0) is 37.0 Å². The Kier molecular flexibility index (Phi) is 4.53. The summed E-state index contributed by atoms with van der Waals surface area (Å²) in [7, 11) is 3.47. The SMILES string of the molecule is COc1ccc(N)c(C(=O)N(C)C2CCCCC2C)c1. The van der Waals surface area contributed by atoms with Crippen LogP contribution in [0.4, 0.5) is 5.69 Å². The molecule has 110 valence electrons. The number of carbonyl (C=O) groups excluding carboxylic acids is 1. The van der Waals surface area contributed by atoms with E-state index >= 15 is 0 Å². The van der Waals surface area contributed by atoms with E-state index in [1.807, 2.05) is 11.9 Å². The zero-order valence-electron chi connectivity index (χ0n) is 12.6. The number of benzene rings is 1. The lowest BCUT2D eigenvalue weighted by Crippen LogP contribution is -2.42. The minimum atomic E-state index is -0.0138. The fourth-order valence-corrected chi connectivity index (χ4v) is 3.06. The van der Waals surface area contributed by atoms with Crippen LogP contribution in [0.25, 0.3) is 0 Å². The molecule has 4 heteroatoms. The lowest BCUT2D eigenvalue weighted by atomic mass is 9.85. The van der Waals surface area contributed by atoms with Crippen LogP contribution in [0, 0.1) is 5.92 Å². The van der Waals surface area contributed by atoms with Crippen molar-refractivity contribution in [3.63, 3.8) is 0 Å². The van der Waals surface area contributed by atoms with E-state index in [1.165, 1.54) is 19.3 Å². The summed E-state index contributed by atoms with van der Waals surface area (Å²) in [5, 5.41) is 0. The van der Waals surface area contributed by atoms with Crippen LogP contribution in [-0.2, 0) is 0 Å². The molecule has 2 unspecified atom stereocenters. The number of hydrogen-bond acceptors (Lipinski definition) is 3. The molecule has 1 amide bonds.